The third-order valence-electron chi connectivity index (χ3n) is 1.84. The van der Waals surface area contributed by atoms with Crippen molar-refractivity contribution >= 4 is 18.4 Å². The lowest BCUT2D eigenvalue weighted by atomic mass is 10.1. The maximum Gasteiger partial charge on any atom is 0.320 e. The first-order valence-electron chi connectivity index (χ1n) is 4.19. The molecule has 0 spiro atoms. The van der Waals surface area contributed by atoms with E-state index in [4.69, 9.17) is 10.8 Å². The van der Waals surface area contributed by atoms with Gasteiger partial charge in [-0.1, -0.05) is 6.42 Å². The first-order chi connectivity index (χ1) is 5.59. The highest BCUT2D eigenvalue weighted by atomic mass is 35.5. The van der Waals surface area contributed by atoms with Gasteiger partial charge in [-0.2, -0.15) is 0 Å². The number of aliphatic carboxylic acids is 1. The molecule has 0 aliphatic heterocycles. The highest BCUT2D eigenvalue weighted by Gasteiger charge is 2.18. The van der Waals surface area contributed by atoms with Crippen molar-refractivity contribution in [3.8, 4) is 0 Å². The quantitative estimate of drug-likeness (QED) is 0.629. The molecule has 0 fully saturated rings. The topological polar surface area (TPSA) is 66.6 Å². The van der Waals surface area contributed by atoms with Crippen molar-refractivity contribution in [2.24, 2.45) is 5.73 Å². The van der Waals surface area contributed by atoms with Crippen LogP contribution in [0.5, 0.6) is 0 Å². The molecule has 0 bridgehead atoms. The SMILES string of the molecule is CN(C)C(CCCCN)C(=O)O.Cl. The lowest BCUT2D eigenvalue weighted by Gasteiger charge is -2.19. The lowest BCUT2D eigenvalue weighted by Crippen LogP contribution is -2.35. The minimum atomic E-state index is -0.753. The Labute approximate surface area is 85.5 Å². The van der Waals surface area contributed by atoms with Crippen LogP contribution in [0.3, 0.4) is 0 Å². The van der Waals surface area contributed by atoms with Gasteiger partial charge in [0.1, 0.15) is 6.04 Å². The van der Waals surface area contributed by atoms with Gasteiger partial charge >= 0.3 is 5.97 Å². The van der Waals surface area contributed by atoms with E-state index in [1.807, 2.05) is 0 Å². The van der Waals surface area contributed by atoms with E-state index in [-0.39, 0.29) is 18.4 Å². The van der Waals surface area contributed by atoms with Crippen molar-refractivity contribution in [2.45, 2.75) is 25.3 Å². The maximum absolute atomic E-state index is 10.7. The van der Waals surface area contributed by atoms with E-state index in [1.165, 1.54) is 0 Å². The zero-order valence-corrected chi connectivity index (χ0v) is 9.01. The predicted octanol–water partition coefficient (Wildman–Crippen LogP) is 0.552. The van der Waals surface area contributed by atoms with E-state index in [0.717, 1.165) is 12.8 Å². The van der Waals surface area contributed by atoms with Crippen LogP contribution in [-0.2, 0) is 4.79 Å². The normalized spacial score (nSPS) is 12.3. The third kappa shape index (κ3) is 6.81. The number of rotatable bonds is 6. The zero-order valence-electron chi connectivity index (χ0n) is 8.19. The highest BCUT2D eigenvalue weighted by Crippen LogP contribution is 2.05. The Hall–Kier alpha value is -0.320. The molecule has 0 aromatic heterocycles. The molecule has 0 saturated heterocycles. The van der Waals surface area contributed by atoms with Gasteiger partial charge in [0.2, 0.25) is 0 Å². The summed E-state index contributed by atoms with van der Waals surface area (Å²) in [5.41, 5.74) is 5.31. The average Bonchev–Trinajstić information content (AvgIpc) is 1.96. The van der Waals surface area contributed by atoms with E-state index < -0.39 is 5.97 Å². The van der Waals surface area contributed by atoms with Gasteiger partial charge in [0.05, 0.1) is 0 Å². The molecule has 3 N–H and O–H groups in total. The van der Waals surface area contributed by atoms with E-state index in [2.05, 4.69) is 0 Å². The van der Waals surface area contributed by atoms with Crippen LogP contribution in [0, 0.1) is 0 Å². The van der Waals surface area contributed by atoms with Crippen LogP contribution < -0.4 is 5.73 Å². The molecule has 13 heavy (non-hydrogen) atoms. The Morgan fingerprint density at radius 2 is 2.00 bits per heavy atom. The van der Waals surface area contributed by atoms with Crippen LogP contribution in [-0.4, -0.2) is 42.7 Å². The Bertz CT molecular complexity index is 142. The van der Waals surface area contributed by atoms with E-state index >= 15 is 0 Å². The predicted molar refractivity (Wildman–Crippen MR) is 55.3 cm³/mol. The van der Waals surface area contributed by atoms with Gasteiger partial charge in [0.25, 0.3) is 0 Å². The monoisotopic (exact) mass is 210 g/mol. The van der Waals surface area contributed by atoms with Gasteiger partial charge in [-0.3, -0.25) is 9.69 Å². The van der Waals surface area contributed by atoms with Crippen LogP contribution in [0.1, 0.15) is 19.3 Å². The Balaban J connectivity index is 0. The summed E-state index contributed by atoms with van der Waals surface area (Å²) in [7, 11) is 3.56. The summed E-state index contributed by atoms with van der Waals surface area (Å²) in [6.45, 7) is 0.639. The Morgan fingerprint density at radius 3 is 2.31 bits per heavy atom. The van der Waals surface area contributed by atoms with Crippen LogP contribution in [0.25, 0.3) is 0 Å². The zero-order chi connectivity index (χ0) is 9.56. The number of nitrogens with two attached hydrogens (primary N) is 1. The van der Waals surface area contributed by atoms with E-state index in [9.17, 15) is 4.79 Å². The smallest absolute Gasteiger partial charge is 0.320 e. The van der Waals surface area contributed by atoms with Crippen LogP contribution >= 0.6 is 12.4 Å². The number of carboxylic acids is 1. The minimum Gasteiger partial charge on any atom is -0.480 e. The molecular weight excluding hydrogens is 192 g/mol. The van der Waals surface area contributed by atoms with Crippen molar-refractivity contribution in [3.05, 3.63) is 0 Å². The summed E-state index contributed by atoms with van der Waals surface area (Å²) >= 11 is 0. The van der Waals surface area contributed by atoms with Gasteiger partial charge in [-0.05, 0) is 33.5 Å². The molecule has 0 heterocycles. The molecule has 0 radical (unpaired) electrons. The van der Waals surface area contributed by atoms with Gasteiger partial charge < -0.3 is 10.8 Å². The molecule has 1 unspecified atom stereocenters. The third-order valence-corrected chi connectivity index (χ3v) is 1.84. The minimum absolute atomic E-state index is 0. The van der Waals surface area contributed by atoms with Crippen molar-refractivity contribution in [1.29, 1.82) is 0 Å². The molecular formula is C8H19ClN2O2. The number of likely N-dealkylation sites (N-methyl/N-ethyl adjacent to an activating group) is 1. The summed E-state index contributed by atoms with van der Waals surface area (Å²) in [5.74, 6) is -0.753. The number of unbranched alkanes of at least 4 members (excludes halogenated alkanes) is 1. The number of hydrogen-bond donors (Lipinski definition) is 2. The van der Waals surface area contributed by atoms with Gasteiger partial charge in [-0.25, -0.2) is 0 Å². The largest absolute Gasteiger partial charge is 0.480 e. The lowest BCUT2D eigenvalue weighted by molar-refractivity contribution is -0.142. The van der Waals surface area contributed by atoms with Crippen molar-refractivity contribution < 1.29 is 9.90 Å². The summed E-state index contributed by atoms with van der Waals surface area (Å²) in [6, 6.07) is -0.364. The first-order valence-corrected chi connectivity index (χ1v) is 4.19. The average molecular weight is 211 g/mol. The summed E-state index contributed by atoms with van der Waals surface area (Å²) in [5, 5.41) is 8.77. The van der Waals surface area contributed by atoms with Crippen molar-refractivity contribution in [1.82, 2.24) is 4.90 Å². The van der Waals surface area contributed by atoms with Crippen molar-refractivity contribution in [2.75, 3.05) is 20.6 Å². The molecule has 0 rings (SSSR count). The second kappa shape index (κ2) is 8.29. The summed E-state index contributed by atoms with van der Waals surface area (Å²) in [4.78, 5) is 12.4. The number of carbonyl (C=O) groups is 1. The van der Waals surface area contributed by atoms with Crippen LogP contribution in [0.2, 0.25) is 0 Å². The fourth-order valence-corrected chi connectivity index (χ4v) is 1.08. The standard InChI is InChI=1S/C8H18N2O2.ClH/c1-10(2)7(8(11)12)5-3-4-6-9;/h7H,3-6,9H2,1-2H3,(H,11,12);1H. The maximum atomic E-state index is 10.7. The number of halogens is 1. The summed E-state index contributed by atoms with van der Waals surface area (Å²) < 4.78 is 0. The second-order valence-corrected chi connectivity index (χ2v) is 3.10. The highest BCUT2D eigenvalue weighted by molar-refractivity contribution is 5.85. The Morgan fingerprint density at radius 1 is 1.46 bits per heavy atom. The molecule has 0 amide bonds. The molecule has 0 aromatic carbocycles. The van der Waals surface area contributed by atoms with Crippen LogP contribution in [0.15, 0.2) is 0 Å². The van der Waals surface area contributed by atoms with E-state index in [0.29, 0.717) is 13.0 Å². The van der Waals surface area contributed by atoms with Crippen molar-refractivity contribution in [3.63, 3.8) is 0 Å². The fourth-order valence-electron chi connectivity index (χ4n) is 1.08. The molecule has 0 aliphatic rings. The van der Waals surface area contributed by atoms with Gasteiger partial charge in [0, 0.05) is 0 Å². The number of nitrogens with zero attached hydrogens (tertiary/aromatic N) is 1. The molecule has 0 aromatic rings. The molecule has 1 atom stereocenters. The molecule has 0 aliphatic carbocycles. The van der Waals surface area contributed by atoms with Gasteiger partial charge in [0.15, 0.2) is 0 Å². The number of carboxylic acid groups (broad SMARTS) is 1. The van der Waals surface area contributed by atoms with Gasteiger partial charge in [-0.15, -0.1) is 12.4 Å². The number of hydrogen-bond acceptors (Lipinski definition) is 3. The molecule has 80 valence electrons. The van der Waals surface area contributed by atoms with E-state index in [1.54, 1.807) is 19.0 Å². The summed E-state index contributed by atoms with van der Waals surface area (Å²) in [6.07, 6.45) is 2.46. The first kappa shape index (κ1) is 15.2. The molecule has 4 nitrogen and oxygen atoms in total. The Kier molecular flexibility index (Phi) is 9.67. The van der Waals surface area contributed by atoms with Crippen LogP contribution in [0.4, 0.5) is 0 Å². The molecule has 5 heteroatoms. The fraction of sp³-hybridized carbons (Fsp3) is 0.875. The second-order valence-electron chi connectivity index (χ2n) is 3.10. The molecule has 0 saturated carbocycles.